The third kappa shape index (κ3) is 2.53. The van der Waals surface area contributed by atoms with Crippen molar-refractivity contribution >= 4 is 28.8 Å². The van der Waals surface area contributed by atoms with Gasteiger partial charge in [-0.1, -0.05) is 35.9 Å². The van der Waals surface area contributed by atoms with E-state index in [0.29, 0.717) is 0 Å². The van der Waals surface area contributed by atoms with E-state index in [1.54, 1.807) is 0 Å². The van der Waals surface area contributed by atoms with Gasteiger partial charge in [0.1, 0.15) is 5.84 Å². The number of nitrogens with one attached hydrogen (secondary N) is 2. The Hall–Kier alpha value is -1.78. The van der Waals surface area contributed by atoms with Gasteiger partial charge in [0, 0.05) is 31.2 Å². The van der Waals surface area contributed by atoms with Gasteiger partial charge in [0.25, 0.3) is 0 Å². The van der Waals surface area contributed by atoms with E-state index in [-0.39, 0.29) is 12.0 Å². The Bertz CT molecular complexity index is 658. The van der Waals surface area contributed by atoms with Crippen LogP contribution in [0.25, 0.3) is 0 Å². The number of para-hydroxylation sites is 2. The average Bonchev–Trinajstić information content (AvgIpc) is 2.72. The molecular weight excluding hydrogens is 296 g/mol. The molecule has 1 aromatic carbocycles. The molecule has 22 heavy (non-hydrogen) atoms. The highest BCUT2D eigenvalue weighted by atomic mass is 35.5. The number of rotatable bonds is 0. The summed E-state index contributed by atoms with van der Waals surface area (Å²) in [5.41, 5.74) is 2.09. The molecule has 0 bridgehead atoms. The Morgan fingerprint density at radius 1 is 1.18 bits per heavy atom. The number of aliphatic imine (C=N–C) groups is 1. The Morgan fingerprint density at radius 3 is 2.86 bits per heavy atom. The summed E-state index contributed by atoms with van der Waals surface area (Å²) >= 11 is 6.27. The normalized spacial score (nSPS) is 27.0. The first-order valence-electron chi connectivity index (χ1n) is 7.76. The van der Waals surface area contributed by atoms with E-state index in [1.165, 1.54) is 0 Å². The minimum absolute atomic E-state index is 0.169. The van der Waals surface area contributed by atoms with Gasteiger partial charge in [-0.2, -0.15) is 0 Å². The third-order valence-electron chi connectivity index (χ3n) is 4.39. The summed E-state index contributed by atoms with van der Waals surface area (Å²) in [7, 11) is 0. The molecule has 2 aliphatic heterocycles. The van der Waals surface area contributed by atoms with Crippen LogP contribution in [0, 0.1) is 5.92 Å². The number of piperazine rings is 1. The van der Waals surface area contributed by atoms with Crippen molar-refractivity contribution in [3.8, 4) is 0 Å². The molecule has 2 unspecified atom stereocenters. The summed E-state index contributed by atoms with van der Waals surface area (Å²) in [4.78, 5) is 7.38. The lowest BCUT2D eigenvalue weighted by molar-refractivity contribution is 0.344. The lowest BCUT2D eigenvalue weighted by Gasteiger charge is -2.35. The second-order valence-electron chi connectivity index (χ2n) is 5.83. The fraction of sp³-hybridized carbons (Fsp3) is 0.353. The van der Waals surface area contributed by atoms with Crippen LogP contribution < -0.4 is 10.6 Å². The predicted molar refractivity (Wildman–Crippen MR) is 92.0 cm³/mol. The van der Waals surface area contributed by atoms with Crippen molar-refractivity contribution in [2.75, 3.05) is 31.5 Å². The minimum atomic E-state index is 0.169. The number of fused-ring (bicyclic) bond motifs is 2. The smallest absolute Gasteiger partial charge is 0.114 e. The first kappa shape index (κ1) is 13.9. The fourth-order valence-corrected chi connectivity index (χ4v) is 3.47. The molecule has 2 heterocycles. The third-order valence-corrected chi connectivity index (χ3v) is 4.64. The zero-order valence-corrected chi connectivity index (χ0v) is 13.1. The Labute approximate surface area is 135 Å². The number of hydrogen-bond acceptors (Lipinski definition) is 4. The molecule has 1 fully saturated rings. The van der Waals surface area contributed by atoms with Gasteiger partial charge in [-0.05, 0) is 18.2 Å². The molecule has 0 saturated carbocycles. The predicted octanol–water partition coefficient (Wildman–Crippen LogP) is 2.72. The van der Waals surface area contributed by atoms with Crippen LogP contribution in [0.5, 0.6) is 0 Å². The van der Waals surface area contributed by atoms with Crippen LogP contribution in [0.1, 0.15) is 0 Å². The molecule has 3 aliphatic rings. The lowest BCUT2D eigenvalue weighted by Crippen LogP contribution is -2.50. The van der Waals surface area contributed by atoms with E-state index in [9.17, 15) is 0 Å². The zero-order chi connectivity index (χ0) is 14.9. The highest BCUT2D eigenvalue weighted by Gasteiger charge is 2.32. The molecule has 1 saturated heterocycles. The molecule has 0 amide bonds. The number of nitrogens with zero attached hydrogens (tertiary/aromatic N) is 2. The molecule has 0 radical (unpaired) electrons. The van der Waals surface area contributed by atoms with Gasteiger partial charge in [-0.3, -0.25) is 0 Å². The van der Waals surface area contributed by atoms with Gasteiger partial charge < -0.3 is 15.5 Å². The van der Waals surface area contributed by atoms with E-state index in [0.717, 1.165) is 48.4 Å². The van der Waals surface area contributed by atoms with Crippen molar-refractivity contribution in [3.05, 3.63) is 47.5 Å². The molecule has 4 nitrogen and oxygen atoms in total. The second kappa shape index (κ2) is 5.78. The quantitative estimate of drug-likeness (QED) is 0.773. The standard InChI is InChI=1S/C17H19ClN4/c18-12-5-6-14-13(11-12)17(22-9-7-19-8-10-22)21-16-4-2-1-3-15(16)20-14/h1-6,11,13-14,19-20H,7-10H2. The summed E-state index contributed by atoms with van der Waals surface area (Å²) < 4.78 is 0. The zero-order valence-electron chi connectivity index (χ0n) is 12.3. The Balaban J connectivity index is 1.79. The van der Waals surface area contributed by atoms with Crippen LogP contribution >= 0.6 is 11.6 Å². The molecule has 0 spiro atoms. The second-order valence-corrected chi connectivity index (χ2v) is 6.27. The van der Waals surface area contributed by atoms with Gasteiger partial charge in [0.15, 0.2) is 0 Å². The maximum absolute atomic E-state index is 6.27. The lowest BCUT2D eigenvalue weighted by atomic mass is 9.92. The van der Waals surface area contributed by atoms with Crippen molar-refractivity contribution in [2.24, 2.45) is 10.9 Å². The van der Waals surface area contributed by atoms with Crippen molar-refractivity contribution in [1.82, 2.24) is 10.2 Å². The topological polar surface area (TPSA) is 39.7 Å². The molecule has 114 valence electrons. The SMILES string of the molecule is ClC1=CC2C(N3CCNCC3)=Nc3ccccc3NC2C=C1. The summed E-state index contributed by atoms with van der Waals surface area (Å²) in [6, 6.07) is 8.43. The van der Waals surface area contributed by atoms with E-state index < -0.39 is 0 Å². The van der Waals surface area contributed by atoms with Crippen molar-refractivity contribution in [2.45, 2.75) is 6.04 Å². The van der Waals surface area contributed by atoms with Crippen LogP contribution in [-0.4, -0.2) is 43.0 Å². The first-order chi connectivity index (χ1) is 10.8. The van der Waals surface area contributed by atoms with E-state index in [1.807, 2.05) is 18.2 Å². The highest BCUT2D eigenvalue weighted by Crippen LogP contribution is 2.34. The average molecular weight is 315 g/mol. The maximum atomic E-state index is 6.27. The number of amidine groups is 1. The van der Waals surface area contributed by atoms with Crippen LogP contribution in [0.4, 0.5) is 11.4 Å². The van der Waals surface area contributed by atoms with E-state index in [2.05, 4.69) is 39.8 Å². The van der Waals surface area contributed by atoms with E-state index >= 15 is 0 Å². The molecule has 2 atom stereocenters. The van der Waals surface area contributed by atoms with Gasteiger partial charge in [0.05, 0.1) is 23.3 Å². The van der Waals surface area contributed by atoms with Gasteiger partial charge >= 0.3 is 0 Å². The van der Waals surface area contributed by atoms with Gasteiger partial charge in [0.2, 0.25) is 0 Å². The number of benzene rings is 1. The van der Waals surface area contributed by atoms with Crippen LogP contribution in [0.3, 0.4) is 0 Å². The fourth-order valence-electron chi connectivity index (χ4n) is 3.27. The van der Waals surface area contributed by atoms with Crippen LogP contribution in [0.15, 0.2) is 52.5 Å². The molecule has 1 aliphatic carbocycles. The number of allylic oxidation sites excluding steroid dienone is 2. The van der Waals surface area contributed by atoms with Gasteiger partial charge in [-0.25, -0.2) is 4.99 Å². The molecule has 1 aromatic rings. The molecular formula is C17H19ClN4. The first-order valence-corrected chi connectivity index (χ1v) is 8.14. The van der Waals surface area contributed by atoms with Crippen LogP contribution in [0.2, 0.25) is 0 Å². The van der Waals surface area contributed by atoms with Crippen molar-refractivity contribution < 1.29 is 0 Å². The summed E-state index contributed by atoms with van der Waals surface area (Å²) in [6.45, 7) is 3.97. The Morgan fingerprint density at radius 2 is 2.00 bits per heavy atom. The summed E-state index contributed by atoms with van der Waals surface area (Å²) in [5, 5.41) is 7.79. The van der Waals surface area contributed by atoms with Crippen LogP contribution in [-0.2, 0) is 0 Å². The summed E-state index contributed by atoms with van der Waals surface area (Å²) in [5.74, 6) is 1.29. The minimum Gasteiger partial charge on any atom is -0.376 e. The Kier molecular flexibility index (Phi) is 3.64. The number of halogens is 1. The molecule has 2 N–H and O–H groups in total. The summed E-state index contributed by atoms with van der Waals surface area (Å²) in [6.07, 6.45) is 6.23. The maximum Gasteiger partial charge on any atom is 0.114 e. The highest BCUT2D eigenvalue weighted by molar-refractivity contribution is 6.31. The largest absolute Gasteiger partial charge is 0.376 e. The number of anilines is 1. The van der Waals surface area contributed by atoms with E-state index in [4.69, 9.17) is 16.6 Å². The van der Waals surface area contributed by atoms with Crippen molar-refractivity contribution in [3.63, 3.8) is 0 Å². The molecule has 5 heteroatoms. The monoisotopic (exact) mass is 314 g/mol. The molecule has 0 aromatic heterocycles. The molecule has 4 rings (SSSR count). The van der Waals surface area contributed by atoms with Gasteiger partial charge in [-0.15, -0.1) is 0 Å². The van der Waals surface area contributed by atoms with Crippen molar-refractivity contribution in [1.29, 1.82) is 0 Å². The number of hydrogen-bond donors (Lipinski definition) is 2.